The van der Waals surface area contributed by atoms with Crippen molar-refractivity contribution in [2.75, 3.05) is 27.9 Å². The van der Waals surface area contributed by atoms with Crippen LogP contribution in [0.2, 0.25) is 0 Å². The molecule has 0 saturated carbocycles. The monoisotopic (exact) mass is 445 g/mol. The van der Waals surface area contributed by atoms with Crippen LogP contribution in [0.1, 0.15) is 29.8 Å². The smallest absolute Gasteiger partial charge is 0.344 e. The Labute approximate surface area is 186 Å². The number of rotatable bonds is 11. The molecule has 9 heteroatoms. The topological polar surface area (TPSA) is 109 Å². The molecule has 2 aromatic rings. The Hall–Kier alpha value is -3.75. The van der Waals surface area contributed by atoms with Gasteiger partial charge in [0.2, 0.25) is 0 Å². The van der Waals surface area contributed by atoms with Gasteiger partial charge in [-0.15, -0.1) is 0 Å². The molecule has 0 radical (unpaired) electrons. The molecule has 0 bridgehead atoms. The molecule has 0 aliphatic heterocycles. The zero-order chi connectivity index (χ0) is 23.7. The van der Waals surface area contributed by atoms with Crippen molar-refractivity contribution in [3.8, 4) is 23.0 Å². The maximum atomic E-state index is 12.3. The summed E-state index contributed by atoms with van der Waals surface area (Å²) >= 11 is 0. The van der Waals surface area contributed by atoms with Crippen LogP contribution in [0.4, 0.5) is 0 Å². The van der Waals surface area contributed by atoms with Crippen molar-refractivity contribution in [2.45, 2.75) is 26.5 Å². The molecule has 1 unspecified atom stereocenters. The van der Waals surface area contributed by atoms with Gasteiger partial charge >= 0.3 is 5.97 Å². The van der Waals surface area contributed by atoms with E-state index in [-0.39, 0.29) is 18.1 Å². The van der Waals surface area contributed by atoms with Gasteiger partial charge in [-0.25, -0.2) is 4.79 Å². The lowest BCUT2D eigenvalue weighted by Crippen LogP contribution is -2.36. The molecule has 1 atom stereocenters. The average molecular weight is 445 g/mol. The van der Waals surface area contributed by atoms with Crippen LogP contribution in [0.3, 0.4) is 0 Å². The summed E-state index contributed by atoms with van der Waals surface area (Å²) in [6, 6.07) is 9.88. The molecule has 0 saturated heterocycles. The number of carbonyl (C=O) groups excluding carboxylic acids is 3. The zero-order valence-electron chi connectivity index (χ0n) is 18.7. The summed E-state index contributed by atoms with van der Waals surface area (Å²) in [4.78, 5) is 35.8. The van der Waals surface area contributed by atoms with Gasteiger partial charge in [0.15, 0.2) is 41.5 Å². The van der Waals surface area contributed by atoms with Gasteiger partial charge < -0.3 is 29.0 Å². The van der Waals surface area contributed by atoms with Crippen LogP contribution in [-0.2, 0) is 20.9 Å². The minimum atomic E-state index is -1.02. The second-order valence-corrected chi connectivity index (χ2v) is 6.75. The summed E-state index contributed by atoms with van der Waals surface area (Å²) < 4.78 is 26.1. The molecule has 0 fully saturated rings. The molecule has 0 aromatic heterocycles. The van der Waals surface area contributed by atoms with Crippen LogP contribution < -0.4 is 24.3 Å². The Balaban J connectivity index is 1.86. The fraction of sp³-hybridized carbons (Fsp3) is 0.348. The third-order valence-electron chi connectivity index (χ3n) is 4.51. The van der Waals surface area contributed by atoms with E-state index >= 15 is 0 Å². The van der Waals surface area contributed by atoms with Gasteiger partial charge in [0.25, 0.3) is 5.91 Å². The first-order valence-corrected chi connectivity index (χ1v) is 9.78. The number of amides is 1. The highest BCUT2D eigenvalue weighted by Crippen LogP contribution is 2.28. The van der Waals surface area contributed by atoms with E-state index < -0.39 is 24.6 Å². The minimum Gasteiger partial charge on any atom is -0.493 e. The Bertz CT molecular complexity index is 972. The SMILES string of the molecule is COc1ccc(CNC(=O)C(C)OC(=O)COc2ccc(C(C)=O)cc2OC)cc1OC. The molecule has 2 aromatic carbocycles. The predicted molar refractivity (Wildman–Crippen MR) is 115 cm³/mol. The normalized spacial score (nSPS) is 11.2. The summed E-state index contributed by atoms with van der Waals surface area (Å²) in [6.45, 7) is 2.69. The Morgan fingerprint density at radius 3 is 2.12 bits per heavy atom. The standard InChI is InChI=1S/C23H27NO8/c1-14(25)17-7-9-19(21(11-17)30-5)31-13-22(26)32-15(2)23(27)24-12-16-6-8-18(28-3)20(10-16)29-4/h6-11,15H,12-13H2,1-5H3,(H,24,27). The summed E-state index contributed by atoms with van der Waals surface area (Å²) in [5.74, 6) is 0.404. The number of nitrogens with one attached hydrogen (secondary N) is 1. The number of Topliss-reactive ketones (excluding diaryl/α,β-unsaturated/α-hetero) is 1. The molecule has 1 amide bonds. The Kier molecular flexibility index (Phi) is 8.88. The fourth-order valence-electron chi connectivity index (χ4n) is 2.75. The lowest BCUT2D eigenvalue weighted by atomic mass is 10.1. The van der Waals surface area contributed by atoms with E-state index in [1.54, 1.807) is 24.3 Å². The van der Waals surface area contributed by atoms with Gasteiger partial charge in [-0.05, 0) is 49.7 Å². The number of esters is 1. The van der Waals surface area contributed by atoms with Crippen molar-refractivity contribution in [3.05, 3.63) is 47.5 Å². The molecule has 0 aliphatic carbocycles. The highest BCUT2D eigenvalue weighted by molar-refractivity contribution is 5.94. The van der Waals surface area contributed by atoms with Crippen molar-refractivity contribution >= 4 is 17.7 Å². The number of methoxy groups -OCH3 is 3. The molecule has 0 aliphatic rings. The minimum absolute atomic E-state index is 0.123. The third-order valence-corrected chi connectivity index (χ3v) is 4.51. The average Bonchev–Trinajstić information content (AvgIpc) is 2.80. The van der Waals surface area contributed by atoms with E-state index in [0.29, 0.717) is 22.8 Å². The first kappa shape index (κ1) is 24.5. The maximum Gasteiger partial charge on any atom is 0.344 e. The van der Waals surface area contributed by atoms with Crippen LogP contribution >= 0.6 is 0 Å². The highest BCUT2D eigenvalue weighted by atomic mass is 16.6. The van der Waals surface area contributed by atoms with Crippen molar-refractivity contribution in [2.24, 2.45) is 0 Å². The van der Waals surface area contributed by atoms with Gasteiger partial charge in [-0.1, -0.05) is 6.07 Å². The van der Waals surface area contributed by atoms with Crippen LogP contribution in [0.5, 0.6) is 23.0 Å². The second kappa shape index (κ2) is 11.6. The summed E-state index contributed by atoms with van der Waals surface area (Å²) in [6.07, 6.45) is -1.02. The largest absolute Gasteiger partial charge is 0.493 e. The molecule has 9 nitrogen and oxygen atoms in total. The van der Waals surface area contributed by atoms with E-state index in [9.17, 15) is 14.4 Å². The van der Waals surface area contributed by atoms with E-state index in [4.69, 9.17) is 23.7 Å². The van der Waals surface area contributed by atoms with Gasteiger partial charge in [0, 0.05) is 12.1 Å². The molecule has 0 spiro atoms. The molecular weight excluding hydrogens is 418 g/mol. The van der Waals surface area contributed by atoms with Gasteiger partial charge in [0.1, 0.15) is 0 Å². The van der Waals surface area contributed by atoms with E-state index in [0.717, 1.165) is 5.56 Å². The lowest BCUT2D eigenvalue weighted by Gasteiger charge is -2.15. The number of benzene rings is 2. The molecular formula is C23H27NO8. The van der Waals surface area contributed by atoms with Gasteiger partial charge in [-0.3, -0.25) is 9.59 Å². The molecule has 0 heterocycles. The first-order chi connectivity index (χ1) is 15.3. The maximum absolute atomic E-state index is 12.3. The summed E-state index contributed by atoms with van der Waals surface area (Å²) in [7, 11) is 4.49. The third kappa shape index (κ3) is 6.63. The summed E-state index contributed by atoms with van der Waals surface area (Å²) in [5.41, 5.74) is 1.25. The predicted octanol–water partition coefficient (Wildman–Crippen LogP) is 2.54. The molecule has 2 rings (SSSR count). The lowest BCUT2D eigenvalue weighted by molar-refractivity contribution is -0.156. The quantitative estimate of drug-likeness (QED) is 0.415. The van der Waals surface area contributed by atoms with Crippen molar-refractivity contribution in [3.63, 3.8) is 0 Å². The highest BCUT2D eigenvalue weighted by Gasteiger charge is 2.19. The van der Waals surface area contributed by atoms with Gasteiger partial charge in [-0.2, -0.15) is 0 Å². The van der Waals surface area contributed by atoms with Crippen LogP contribution in [0.25, 0.3) is 0 Å². The van der Waals surface area contributed by atoms with E-state index in [1.165, 1.54) is 47.3 Å². The van der Waals surface area contributed by atoms with Crippen molar-refractivity contribution in [1.82, 2.24) is 5.32 Å². The van der Waals surface area contributed by atoms with Crippen molar-refractivity contribution in [1.29, 1.82) is 0 Å². The molecule has 1 N–H and O–H groups in total. The fourth-order valence-corrected chi connectivity index (χ4v) is 2.75. The first-order valence-electron chi connectivity index (χ1n) is 9.78. The Morgan fingerprint density at radius 1 is 0.875 bits per heavy atom. The summed E-state index contributed by atoms with van der Waals surface area (Å²) in [5, 5.41) is 2.70. The van der Waals surface area contributed by atoms with E-state index in [1.807, 2.05) is 0 Å². The van der Waals surface area contributed by atoms with Crippen LogP contribution in [0.15, 0.2) is 36.4 Å². The number of ether oxygens (including phenoxy) is 5. The Morgan fingerprint density at radius 2 is 1.50 bits per heavy atom. The van der Waals surface area contributed by atoms with Crippen LogP contribution in [0, 0.1) is 0 Å². The number of carbonyl (C=O) groups is 3. The molecule has 32 heavy (non-hydrogen) atoms. The number of hydrogen-bond donors (Lipinski definition) is 1. The van der Waals surface area contributed by atoms with Crippen LogP contribution in [-0.4, -0.2) is 51.7 Å². The molecule has 172 valence electrons. The van der Waals surface area contributed by atoms with Gasteiger partial charge in [0.05, 0.1) is 21.3 Å². The van der Waals surface area contributed by atoms with Crippen molar-refractivity contribution < 1.29 is 38.1 Å². The number of ketones is 1. The van der Waals surface area contributed by atoms with E-state index in [2.05, 4.69) is 5.32 Å². The number of hydrogen-bond acceptors (Lipinski definition) is 8. The zero-order valence-corrected chi connectivity index (χ0v) is 18.7. The second-order valence-electron chi connectivity index (χ2n) is 6.75.